The van der Waals surface area contributed by atoms with Crippen LogP contribution in [-0.4, -0.2) is 42.5 Å². The predicted octanol–water partition coefficient (Wildman–Crippen LogP) is 3.17. The summed E-state index contributed by atoms with van der Waals surface area (Å²) in [5.74, 6) is 0. The molecule has 0 aromatic heterocycles. The number of para-hydroxylation sites is 1. The van der Waals surface area contributed by atoms with E-state index >= 15 is 0 Å². The van der Waals surface area contributed by atoms with Crippen LogP contribution >= 0.6 is 11.6 Å². The van der Waals surface area contributed by atoms with Gasteiger partial charge in [-0.05, 0) is 31.5 Å². The molecule has 0 bridgehead atoms. The fourth-order valence-corrected chi connectivity index (χ4v) is 3.03. The monoisotopic (exact) mass is 297 g/mol. The Balaban J connectivity index is 2.20. The molecule has 1 fully saturated rings. The van der Waals surface area contributed by atoms with E-state index in [4.69, 9.17) is 11.6 Å². The van der Waals surface area contributed by atoms with Gasteiger partial charge < -0.3 is 9.80 Å². The van der Waals surface area contributed by atoms with E-state index in [1.165, 1.54) is 0 Å². The summed E-state index contributed by atoms with van der Waals surface area (Å²) >= 11 is 5.98. The van der Waals surface area contributed by atoms with Gasteiger partial charge in [-0.1, -0.05) is 24.6 Å². The topological polar surface area (TPSA) is 49.6 Å². The third-order valence-electron chi connectivity index (χ3n) is 4.08. The number of nitro groups is 1. The lowest BCUT2D eigenvalue weighted by molar-refractivity contribution is -0.384. The second kappa shape index (κ2) is 6.41. The molecule has 2 rings (SSSR count). The molecule has 1 heterocycles. The van der Waals surface area contributed by atoms with Crippen LogP contribution < -0.4 is 4.90 Å². The van der Waals surface area contributed by atoms with E-state index < -0.39 is 4.92 Å². The van der Waals surface area contributed by atoms with Crippen LogP contribution in [0.4, 0.5) is 11.4 Å². The zero-order valence-corrected chi connectivity index (χ0v) is 12.6. The molecule has 5 nitrogen and oxygen atoms in total. The smallest absolute Gasteiger partial charge is 0.310 e. The number of anilines is 1. The van der Waals surface area contributed by atoms with Gasteiger partial charge in [0.25, 0.3) is 0 Å². The Morgan fingerprint density at radius 3 is 2.65 bits per heavy atom. The molecule has 0 unspecified atom stereocenters. The van der Waals surface area contributed by atoms with E-state index in [1.807, 2.05) is 11.9 Å². The number of rotatable bonds is 4. The molecule has 1 aliphatic rings. The molecule has 0 radical (unpaired) electrons. The van der Waals surface area contributed by atoms with Crippen LogP contribution in [0, 0.1) is 10.1 Å². The highest BCUT2D eigenvalue weighted by molar-refractivity contribution is 6.33. The molecule has 0 saturated carbocycles. The summed E-state index contributed by atoms with van der Waals surface area (Å²) < 4.78 is 0. The first-order valence-corrected chi connectivity index (χ1v) is 7.30. The van der Waals surface area contributed by atoms with Gasteiger partial charge >= 0.3 is 5.69 Å². The Kier molecular flexibility index (Phi) is 4.83. The fraction of sp³-hybridized carbons (Fsp3) is 0.571. The van der Waals surface area contributed by atoms with E-state index in [2.05, 4.69) is 11.8 Å². The first kappa shape index (κ1) is 15.1. The maximum Gasteiger partial charge on any atom is 0.310 e. The standard InChI is InChI=1S/C14H20ClN3O2/c1-3-17-9-7-11(8-10-17)16(2)13-6-4-5-12(15)14(13)18(19)20/h4-6,11H,3,7-10H2,1-2H3. The minimum Gasteiger partial charge on any atom is -0.366 e. The predicted molar refractivity (Wildman–Crippen MR) is 81.6 cm³/mol. The Morgan fingerprint density at radius 1 is 1.45 bits per heavy atom. The highest BCUT2D eigenvalue weighted by Crippen LogP contribution is 2.36. The van der Waals surface area contributed by atoms with Crippen molar-refractivity contribution in [1.82, 2.24) is 4.90 Å². The normalized spacial score (nSPS) is 17.1. The first-order chi connectivity index (χ1) is 9.54. The van der Waals surface area contributed by atoms with Crippen LogP contribution in [0.3, 0.4) is 0 Å². The molecule has 1 saturated heterocycles. The van der Waals surface area contributed by atoms with Gasteiger partial charge in [0, 0.05) is 26.2 Å². The molecule has 1 aromatic carbocycles. The number of hydrogen-bond donors (Lipinski definition) is 0. The van der Waals surface area contributed by atoms with E-state index in [-0.39, 0.29) is 10.7 Å². The summed E-state index contributed by atoms with van der Waals surface area (Å²) in [6.45, 7) is 5.30. The lowest BCUT2D eigenvalue weighted by Crippen LogP contribution is -2.43. The molecule has 0 atom stereocenters. The highest BCUT2D eigenvalue weighted by Gasteiger charge is 2.27. The first-order valence-electron chi connectivity index (χ1n) is 6.92. The number of nitrogens with zero attached hydrogens (tertiary/aromatic N) is 3. The van der Waals surface area contributed by atoms with Gasteiger partial charge in [0.2, 0.25) is 0 Å². The van der Waals surface area contributed by atoms with Crippen LogP contribution in [-0.2, 0) is 0 Å². The number of benzene rings is 1. The highest BCUT2D eigenvalue weighted by atomic mass is 35.5. The average Bonchev–Trinajstić information content (AvgIpc) is 2.46. The van der Waals surface area contributed by atoms with Crippen LogP contribution in [0.25, 0.3) is 0 Å². The molecule has 20 heavy (non-hydrogen) atoms. The van der Waals surface area contributed by atoms with Crippen molar-refractivity contribution < 1.29 is 4.92 Å². The molecule has 6 heteroatoms. The number of nitro benzene ring substituents is 1. The fourth-order valence-electron chi connectivity index (χ4n) is 2.79. The van der Waals surface area contributed by atoms with Crippen molar-refractivity contribution in [1.29, 1.82) is 0 Å². The third-order valence-corrected chi connectivity index (χ3v) is 4.39. The maximum atomic E-state index is 11.2. The second-order valence-corrected chi connectivity index (χ2v) is 5.55. The van der Waals surface area contributed by atoms with Gasteiger partial charge in [0.15, 0.2) is 0 Å². The van der Waals surface area contributed by atoms with Crippen molar-refractivity contribution in [3.05, 3.63) is 33.3 Å². The summed E-state index contributed by atoms with van der Waals surface area (Å²) in [6.07, 6.45) is 2.04. The van der Waals surface area contributed by atoms with Gasteiger partial charge in [-0.3, -0.25) is 10.1 Å². The minimum atomic E-state index is -0.394. The van der Waals surface area contributed by atoms with Crippen molar-refractivity contribution in [2.45, 2.75) is 25.8 Å². The lowest BCUT2D eigenvalue weighted by Gasteiger charge is -2.37. The lowest BCUT2D eigenvalue weighted by atomic mass is 10.0. The van der Waals surface area contributed by atoms with Crippen molar-refractivity contribution >= 4 is 23.0 Å². The molecule has 0 aliphatic carbocycles. The van der Waals surface area contributed by atoms with Gasteiger partial charge in [-0.2, -0.15) is 0 Å². The van der Waals surface area contributed by atoms with Gasteiger partial charge in [0.05, 0.1) is 4.92 Å². The number of likely N-dealkylation sites (tertiary alicyclic amines) is 1. The van der Waals surface area contributed by atoms with E-state index in [0.29, 0.717) is 11.7 Å². The van der Waals surface area contributed by atoms with Crippen molar-refractivity contribution in [2.24, 2.45) is 0 Å². The molecular weight excluding hydrogens is 278 g/mol. The largest absolute Gasteiger partial charge is 0.366 e. The third kappa shape index (κ3) is 3.04. The summed E-state index contributed by atoms with van der Waals surface area (Å²) in [4.78, 5) is 15.2. The van der Waals surface area contributed by atoms with Crippen LogP contribution in [0.2, 0.25) is 5.02 Å². The van der Waals surface area contributed by atoms with Crippen molar-refractivity contribution in [2.75, 3.05) is 31.6 Å². The summed E-state index contributed by atoms with van der Waals surface area (Å²) in [5, 5.41) is 11.4. The average molecular weight is 298 g/mol. The van der Waals surface area contributed by atoms with Crippen LogP contribution in [0.1, 0.15) is 19.8 Å². The van der Waals surface area contributed by atoms with Crippen LogP contribution in [0.15, 0.2) is 18.2 Å². The Labute approximate surface area is 124 Å². The molecular formula is C14H20ClN3O2. The SMILES string of the molecule is CCN1CCC(N(C)c2cccc(Cl)c2[N+](=O)[O-])CC1. The molecule has 0 N–H and O–H groups in total. The minimum absolute atomic E-state index is 0.00888. The van der Waals surface area contributed by atoms with Gasteiger partial charge in [-0.15, -0.1) is 0 Å². The van der Waals surface area contributed by atoms with Crippen molar-refractivity contribution in [3.63, 3.8) is 0 Å². The van der Waals surface area contributed by atoms with E-state index in [9.17, 15) is 10.1 Å². The molecule has 0 spiro atoms. The molecule has 1 aliphatic heterocycles. The van der Waals surface area contributed by atoms with Crippen LogP contribution in [0.5, 0.6) is 0 Å². The van der Waals surface area contributed by atoms with E-state index in [1.54, 1.807) is 18.2 Å². The zero-order valence-electron chi connectivity index (χ0n) is 11.9. The quantitative estimate of drug-likeness (QED) is 0.633. The summed E-state index contributed by atoms with van der Waals surface area (Å²) in [5.41, 5.74) is 0.618. The summed E-state index contributed by atoms with van der Waals surface area (Å²) in [6, 6.07) is 5.44. The van der Waals surface area contributed by atoms with Crippen molar-refractivity contribution in [3.8, 4) is 0 Å². The Bertz CT molecular complexity index is 487. The molecule has 110 valence electrons. The van der Waals surface area contributed by atoms with Gasteiger partial charge in [0.1, 0.15) is 10.7 Å². The Morgan fingerprint density at radius 2 is 2.10 bits per heavy atom. The van der Waals surface area contributed by atoms with E-state index in [0.717, 1.165) is 32.5 Å². The maximum absolute atomic E-state index is 11.2. The second-order valence-electron chi connectivity index (χ2n) is 5.14. The molecule has 1 aromatic rings. The van der Waals surface area contributed by atoms with Gasteiger partial charge in [-0.25, -0.2) is 0 Å². The number of piperidine rings is 1. The number of halogens is 1. The zero-order chi connectivity index (χ0) is 14.7. The Hall–Kier alpha value is -1.33. The summed E-state index contributed by atoms with van der Waals surface area (Å²) in [7, 11) is 1.92. The number of hydrogen-bond acceptors (Lipinski definition) is 4. The molecule has 0 amide bonds.